The zero-order chi connectivity index (χ0) is 20.9. The van der Waals surface area contributed by atoms with Crippen LogP contribution in [0.2, 0.25) is 0 Å². The maximum atomic E-state index is 13.3. The molecule has 0 aliphatic carbocycles. The Labute approximate surface area is 173 Å². The molecule has 4 aromatic rings. The summed E-state index contributed by atoms with van der Waals surface area (Å²) in [5, 5.41) is 11.2. The molecule has 2 aromatic heterocycles. The van der Waals surface area contributed by atoms with Crippen LogP contribution in [0, 0.1) is 6.92 Å². The first kappa shape index (κ1) is 18.7. The van der Waals surface area contributed by atoms with Gasteiger partial charge >= 0.3 is 0 Å². The summed E-state index contributed by atoms with van der Waals surface area (Å²) in [6.07, 6.45) is 2.05. The lowest BCUT2D eigenvalue weighted by molar-refractivity contribution is -0.122. The smallest absolute Gasteiger partial charge is 0.245 e. The molecule has 0 spiro atoms. The number of para-hydroxylation sites is 1. The van der Waals surface area contributed by atoms with Crippen molar-refractivity contribution in [2.24, 2.45) is 0 Å². The first-order chi connectivity index (χ1) is 14.4. The van der Waals surface area contributed by atoms with E-state index < -0.39 is 16.1 Å². The van der Waals surface area contributed by atoms with Crippen LogP contribution in [0.1, 0.15) is 12.0 Å². The van der Waals surface area contributed by atoms with Crippen molar-refractivity contribution in [3.8, 4) is 0 Å². The lowest BCUT2D eigenvalue weighted by Gasteiger charge is -2.38. The number of hydrogen-bond acceptors (Lipinski definition) is 5. The van der Waals surface area contributed by atoms with Crippen molar-refractivity contribution in [3.05, 3.63) is 60.3 Å². The Morgan fingerprint density at radius 3 is 2.80 bits per heavy atom. The van der Waals surface area contributed by atoms with E-state index in [0.717, 1.165) is 21.9 Å². The van der Waals surface area contributed by atoms with E-state index in [1.54, 1.807) is 18.3 Å². The molecule has 9 heteroatoms. The summed E-state index contributed by atoms with van der Waals surface area (Å²) in [4.78, 5) is 17.4. The predicted octanol–water partition coefficient (Wildman–Crippen LogP) is 2.82. The number of H-pyrrole nitrogens is 1. The number of aromatic amines is 1. The molecule has 5 rings (SSSR count). The molecule has 1 unspecified atom stereocenters. The average molecular weight is 421 g/mol. The van der Waals surface area contributed by atoms with Crippen LogP contribution in [0.15, 0.2) is 59.6 Å². The SMILES string of the molecule is Cc1cc(S(=O)(=O)N2CCC2C(=O)Nc2ccc3ccccc3n2)c2[nH]ncc2c1. The molecule has 1 aliphatic heterocycles. The molecular weight excluding hydrogens is 402 g/mol. The van der Waals surface area contributed by atoms with E-state index in [9.17, 15) is 13.2 Å². The molecule has 1 saturated heterocycles. The van der Waals surface area contributed by atoms with Gasteiger partial charge in [0.05, 0.1) is 17.2 Å². The Hall–Kier alpha value is -3.30. The molecule has 8 nitrogen and oxygen atoms in total. The van der Waals surface area contributed by atoms with Gasteiger partial charge in [-0.15, -0.1) is 0 Å². The van der Waals surface area contributed by atoms with Crippen molar-refractivity contribution in [3.63, 3.8) is 0 Å². The highest BCUT2D eigenvalue weighted by Gasteiger charge is 2.43. The van der Waals surface area contributed by atoms with Crippen LogP contribution in [0.4, 0.5) is 5.82 Å². The van der Waals surface area contributed by atoms with Gasteiger partial charge in [0.25, 0.3) is 0 Å². The third-order valence-corrected chi connectivity index (χ3v) is 7.30. The summed E-state index contributed by atoms with van der Waals surface area (Å²) in [5.41, 5.74) is 2.02. The van der Waals surface area contributed by atoms with Gasteiger partial charge in [-0.1, -0.05) is 18.2 Å². The minimum atomic E-state index is -3.86. The fraction of sp³-hybridized carbons (Fsp3) is 0.190. The maximum absolute atomic E-state index is 13.3. The van der Waals surface area contributed by atoms with Gasteiger partial charge < -0.3 is 5.32 Å². The first-order valence-electron chi connectivity index (χ1n) is 9.56. The molecule has 0 radical (unpaired) electrons. The molecule has 1 amide bonds. The number of carbonyl (C=O) groups is 1. The molecular formula is C21H19N5O3S. The minimum absolute atomic E-state index is 0.135. The van der Waals surface area contributed by atoms with E-state index in [-0.39, 0.29) is 17.3 Å². The second kappa shape index (κ2) is 6.89. The highest BCUT2D eigenvalue weighted by Crippen LogP contribution is 2.32. The van der Waals surface area contributed by atoms with Crippen LogP contribution in [0.25, 0.3) is 21.8 Å². The van der Waals surface area contributed by atoms with E-state index in [0.29, 0.717) is 17.8 Å². The van der Waals surface area contributed by atoms with Gasteiger partial charge in [0.1, 0.15) is 16.8 Å². The van der Waals surface area contributed by atoms with Crippen LogP contribution in [-0.4, -0.2) is 46.4 Å². The number of pyridine rings is 1. The third-order valence-electron chi connectivity index (χ3n) is 5.37. The number of sulfonamides is 1. The Morgan fingerprint density at radius 2 is 2.00 bits per heavy atom. The van der Waals surface area contributed by atoms with Crippen LogP contribution < -0.4 is 5.32 Å². The summed E-state index contributed by atoms with van der Waals surface area (Å²) in [6, 6.07) is 13.9. The number of aromatic nitrogens is 3. The fourth-order valence-corrected chi connectivity index (χ4v) is 5.65. The van der Waals surface area contributed by atoms with Crippen LogP contribution in [-0.2, 0) is 14.8 Å². The number of amides is 1. The molecule has 0 saturated carbocycles. The molecule has 2 N–H and O–H groups in total. The summed E-state index contributed by atoms with van der Waals surface area (Å²) in [6.45, 7) is 2.12. The van der Waals surface area contributed by atoms with Crippen LogP contribution >= 0.6 is 0 Å². The lowest BCUT2D eigenvalue weighted by Crippen LogP contribution is -2.56. The molecule has 3 heterocycles. The zero-order valence-corrected chi connectivity index (χ0v) is 17.0. The lowest BCUT2D eigenvalue weighted by atomic mass is 10.1. The van der Waals surface area contributed by atoms with E-state index in [2.05, 4.69) is 20.5 Å². The van der Waals surface area contributed by atoms with Gasteiger partial charge in [0, 0.05) is 17.3 Å². The van der Waals surface area contributed by atoms with Gasteiger partial charge in [0.2, 0.25) is 15.9 Å². The summed E-state index contributed by atoms with van der Waals surface area (Å²) < 4.78 is 27.8. The number of carbonyl (C=O) groups excluding carboxylic acids is 1. The topological polar surface area (TPSA) is 108 Å². The molecule has 1 fully saturated rings. The van der Waals surface area contributed by atoms with Gasteiger partial charge in [-0.05, 0) is 49.2 Å². The van der Waals surface area contributed by atoms with E-state index in [1.165, 1.54) is 4.31 Å². The normalized spacial score (nSPS) is 17.2. The van der Waals surface area contributed by atoms with Gasteiger partial charge in [0.15, 0.2) is 0 Å². The Morgan fingerprint density at radius 1 is 1.17 bits per heavy atom. The van der Waals surface area contributed by atoms with Crippen molar-refractivity contribution in [2.45, 2.75) is 24.3 Å². The van der Waals surface area contributed by atoms with Crippen molar-refractivity contribution >= 4 is 43.6 Å². The van der Waals surface area contributed by atoms with E-state index in [4.69, 9.17) is 0 Å². The maximum Gasteiger partial charge on any atom is 0.245 e. The number of anilines is 1. The van der Waals surface area contributed by atoms with Crippen molar-refractivity contribution in [2.75, 3.05) is 11.9 Å². The Balaban J connectivity index is 1.42. The summed E-state index contributed by atoms with van der Waals surface area (Å²) >= 11 is 0. The molecule has 152 valence electrons. The molecule has 0 bridgehead atoms. The highest BCUT2D eigenvalue weighted by molar-refractivity contribution is 7.89. The monoisotopic (exact) mass is 421 g/mol. The molecule has 1 atom stereocenters. The Bertz CT molecular complexity index is 1400. The number of rotatable bonds is 4. The molecule has 1 aliphatic rings. The standard InChI is InChI=1S/C21H19N5O3S/c1-13-10-15-12-22-25-20(15)18(11-13)30(28,29)26-9-8-17(26)21(27)24-19-7-6-14-4-2-3-5-16(14)23-19/h2-7,10-12,17H,8-9H2,1H3,(H,22,25)(H,23,24,27). The van der Waals surface area contributed by atoms with Crippen molar-refractivity contribution < 1.29 is 13.2 Å². The van der Waals surface area contributed by atoms with Gasteiger partial charge in [-0.25, -0.2) is 13.4 Å². The fourth-order valence-electron chi connectivity index (χ4n) is 3.76. The number of nitrogens with one attached hydrogen (secondary N) is 2. The Kier molecular flexibility index (Phi) is 4.30. The first-order valence-corrected chi connectivity index (χ1v) is 11.0. The molecule has 30 heavy (non-hydrogen) atoms. The van der Waals surface area contributed by atoms with Gasteiger partial charge in [-0.3, -0.25) is 9.89 Å². The number of fused-ring (bicyclic) bond motifs is 2. The van der Waals surface area contributed by atoms with Gasteiger partial charge in [-0.2, -0.15) is 9.40 Å². The highest BCUT2D eigenvalue weighted by atomic mass is 32.2. The van der Waals surface area contributed by atoms with Crippen LogP contribution in [0.3, 0.4) is 0 Å². The summed E-state index contributed by atoms with van der Waals surface area (Å²) in [5.74, 6) is 0.00979. The number of aryl methyl sites for hydroxylation is 1. The minimum Gasteiger partial charge on any atom is -0.309 e. The van der Waals surface area contributed by atoms with E-state index >= 15 is 0 Å². The third kappa shape index (κ3) is 3.03. The molecule has 2 aromatic carbocycles. The second-order valence-electron chi connectivity index (χ2n) is 7.40. The number of hydrogen-bond donors (Lipinski definition) is 2. The quantitative estimate of drug-likeness (QED) is 0.527. The van der Waals surface area contributed by atoms with Crippen molar-refractivity contribution in [1.82, 2.24) is 19.5 Å². The average Bonchev–Trinajstić information content (AvgIpc) is 3.14. The largest absolute Gasteiger partial charge is 0.309 e. The van der Waals surface area contributed by atoms with Crippen LogP contribution in [0.5, 0.6) is 0 Å². The second-order valence-corrected chi connectivity index (χ2v) is 9.25. The van der Waals surface area contributed by atoms with Crippen molar-refractivity contribution in [1.29, 1.82) is 0 Å². The number of nitrogens with zero attached hydrogens (tertiary/aromatic N) is 3. The predicted molar refractivity (Wildman–Crippen MR) is 114 cm³/mol. The number of benzene rings is 2. The summed E-state index contributed by atoms with van der Waals surface area (Å²) in [7, 11) is -3.86. The van der Waals surface area contributed by atoms with E-state index in [1.807, 2.05) is 43.3 Å². The zero-order valence-electron chi connectivity index (χ0n) is 16.2.